The highest BCUT2D eigenvalue weighted by atomic mass is 19.1. The summed E-state index contributed by atoms with van der Waals surface area (Å²) in [5.74, 6) is -0.446. The molecule has 0 unspecified atom stereocenters. The summed E-state index contributed by atoms with van der Waals surface area (Å²) in [6.07, 6.45) is 3.25. The average Bonchev–Trinajstić information content (AvgIpc) is 2.77. The second-order valence-corrected chi connectivity index (χ2v) is 4.12. The van der Waals surface area contributed by atoms with Gasteiger partial charge in [-0.25, -0.2) is 4.39 Å². The van der Waals surface area contributed by atoms with Crippen LogP contribution in [0.15, 0.2) is 52.0 Å². The van der Waals surface area contributed by atoms with Crippen LogP contribution in [0.2, 0.25) is 0 Å². The lowest BCUT2D eigenvalue weighted by atomic mass is 10.1. The zero-order valence-electron chi connectivity index (χ0n) is 9.68. The van der Waals surface area contributed by atoms with Gasteiger partial charge >= 0.3 is 0 Å². The highest BCUT2D eigenvalue weighted by molar-refractivity contribution is 5.80. The number of fused-ring (bicyclic) bond motifs is 1. The lowest BCUT2D eigenvalue weighted by Gasteiger charge is -2.03. The van der Waals surface area contributed by atoms with Crippen LogP contribution in [0.1, 0.15) is 0 Å². The first-order valence-electron chi connectivity index (χ1n) is 5.49. The van der Waals surface area contributed by atoms with Crippen LogP contribution >= 0.6 is 0 Å². The van der Waals surface area contributed by atoms with Crippen LogP contribution in [-0.2, 0) is 7.05 Å². The second kappa shape index (κ2) is 3.84. The van der Waals surface area contributed by atoms with Gasteiger partial charge in [-0.15, -0.1) is 0 Å². The van der Waals surface area contributed by atoms with E-state index in [0.717, 1.165) is 5.69 Å². The topological polar surface area (TPSA) is 35.1 Å². The smallest absolute Gasteiger partial charge is 0.202 e. The Morgan fingerprint density at radius 2 is 2.11 bits per heavy atom. The third kappa shape index (κ3) is 1.54. The van der Waals surface area contributed by atoms with Gasteiger partial charge in [-0.2, -0.15) is 0 Å². The molecule has 0 radical (unpaired) electrons. The minimum atomic E-state index is -0.446. The molecule has 2 aromatic heterocycles. The van der Waals surface area contributed by atoms with Crippen molar-refractivity contribution >= 4 is 11.0 Å². The van der Waals surface area contributed by atoms with Crippen molar-refractivity contribution in [3.05, 3.63) is 58.8 Å². The fourth-order valence-electron chi connectivity index (χ4n) is 2.02. The maximum Gasteiger partial charge on any atom is 0.202 e. The molecule has 0 bridgehead atoms. The van der Waals surface area contributed by atoms with E-state index in [9.17, 15) is 9.18 Å². The fourth-order valence-corrected chi connectivity index (χ4v) is 2.02. The standard InChI is InChI=1S/C14H10FNO2/c1-16-6-2-3-12(16)11-8-18-13-5-4-9(15)7-10(13)14(11)17/h2-8H,1H3. The van der Waals surface area contributed by atoms with Crippen LogP contribution in [0.25, 0.3) is 22.2 Å². The minimum Gasteiger partial charge on any atom is -0.463 e. The molecule has 0 saturated carbocycles. The Morgan fingerprint density at radius 3 is 2.83 bits per heavy atom. The first-order valence-corrected chi connectivity index (χ1v) is 5.49. The maximum atomic E-state index is 13.2. The number of nitrogens with zero attached hydrogens (tertiary/aromatic N) is 1. The van der Waals surface area contributed by atoms with Crippen molar-refractivity contribution in [2.75, 3.05) is 0 Å². The molecule has 4 heteroatoms. The first kappa shape index (κ1) is 10.8. The van der Waals surface area contributed by atoms with Crippen LogP contribution in [0.5, 0.6) is 0 Å². The van der Waals surface area contributed by atoms with Crippen LogP contribution in [0.3, 0.4) is 0 Å². The summed E-state index contributed by atoms with van der Waals surface area (Å²) in [6.45, 7) is 0. The van der Waals surface area contributed by atoms with Gasteiger partial charge in [-0.1, -0.05) is 0 Å². The molecular weight excluding hydrogens is 233 g/mol. The average molecular weight is 243 g/mol. The highest BCUT2D eigenvalue weighted by Gasteiger charge is 2.11. The summed E-state index contributed by atoms with van der Waals surface area (Å²) < 4.78 is 20.4. The SMILES string of the molecule is Cn1cccc1-c1coc2ccc(F)cc2c1=O. The van der Waals surface area contributed by atoms with Gasteiger partial charge < -0.3 is 8.98 Å². The number of hydrogen-bond donors (Lipinski definition) is 0. The zero-order valence-corrected chi connectivity index (χ0v) is 9.68. The molecule has 0 aliphatic heterocycles. The van der Waals surface area contributed by atoms with E-state index in [2.05, 4.69) is 0 Å². The second-order valence-electron chi connectivity index (χ2n) is 4.12. The van der Waals surface area contributed by atoms with E-state index in [1.807, 2.05) is 29.9 Å². The molecule has 0 N–H and O–H groups in total. The molecular formula is C14H10FNO2. The molecule has 1 aromatic carbocycles. The quantitative estimate of drug-likeness (QED) is 0.658. The number of benzene rings is 1. The summed E-state index contributed by atoms with van der Waals surface area (Å²) in [7, 11) is 1.84. The molecule has 3 rings (SSSR count). The largest absolute Gasteiger partial charge is 0.463 e. The van der Waals surface area contributed by atoms with Gasteiger partial charge in [0.2, 0.25) is 5.43 Å². The summed E-state index contributed by atoms with van der Waals surface area (Å²) >= 11 is 0. The van der Waals surface area contributed by atoms with Crippen LogP contribution in [0, 0.1) is 5.82 Å². The Balaban J connectivity index is 2.36. The molecule has 0 amide bonds. The van der Waals surface area contributed by atoms with Crippen molar-refractivity contribution in [3.63, 3.8) is 0 Å². The third-order valence-electron chi connectivity index (χ3n) is 2.95. The monoisotopic (exact) mass is 243 g/mol. The van der Waals surface area contributed by atoms with Crippen molar-refractivity contribution in [3.8, 4) is 11.3 Å². The number of rotatable bonds is 1. The molecule has 3 aromatic rings. The molecule has 2 heterocycles. The number of aryl methyl sites for hydroxylation is 1. The van der Waals surface area contributed by atoms with Gasteiger partial charge in [0.25, 0.3) is 0 Å². The van der Waals surface area contributed by atoms with E-state index >= 15 is 0 Å². The lowest BCUT2D eigenvalue weighted by molar-refractivity contribution is 0.597. The number of aromatic nitrogens is 1. The van der Waals surface area contributed by atoms with Gasteiger partial charge in [-0.3, -0.25) is 4.79 Å². The van der Waals surface area contributed by atoms with Crippen molar-refractivity contribution in [1.29, 1.82) is 0 Å². The van der Waals surface area contributed by atoms with E-state index < -0.39 is 5.82 Å². The predicted octanol–water partition coefficient (Wildman–Crippen LogP) is 2.94. The molecule has 18 heavy (non-hydrogen) atoms. The molecule has 0 atom stereocenters. The molecule has 3 nitrogen and oxygen atoms in total. The lowest BCUT2D eigenvalue weighted by Crippen LogP contribution is -2.07. The van der Waals surface area contributed by atoms with E-state index in [0.29, 0.717) is 11.1 Å². The van der Waals surface area contributed by atoms with Crippen molar-refractivity contribution in [1.82, 2.24) is 4.57 Å². The fraction of sp³-hybridized carbons (Fsp3) is 0.0714. The van der Waals surface area contributed by atoms with E-state index in [1.54, 1.807) is 0 Å². The van der Waals surface area contributed by atoms with Crippen molar-refractivity contribution < 1.29 is 8.81 Å². The van der Waals surface area contributed by atoms with E-state index in [1.165, 1.54) is 24.5 Å². The Kier molecular flexibility index (Phi) is 2.30. The predicted molar refractivity (Wildman–Crippen MR) is 66.8 cm³/mol. The molecule has 0 aliphatic rings. The molecule has 0 spiro atoms. The molecule has 0 fully saturated rings. The maximum absolute atomic E-state index is 13.2. The van der Waals surface area contributed by atoms with E-state index in [-0.39, 0.29) is 10.8 Å². The number of halogens is 1. The zero-order chi connectivity index (χ0) is 12.7. The highest BCUT2D eigenvalue weighted by Crippen LogP contribution is 2.20. The van der Waals surface area contributed by atoms with Gasteiger partial charge in [0.15, 0.2) is 0 Å². The first-order chi connectivity index (χ1) is 8.66. The molecule has 0 aliphatic carbocycles. The van der Waals surface area contributed by atoms with Gasteiger partial charge in [0.1, 0.15) is 17.7 Å². The van der Waals surface area contributed by atoms with Gasteiger partial charge in [0.05, 0.1) is 16.6 Å². The summed E-state index contributed by atoms with van der Waals surface area (Å²) in [4.78, 5) is 12.3. The Hall–Kier alpha value is -2.36. The Morgan fingerprint density at radius 1 is 1.28 bits per heavy atom. The van der Waals surface area contributed by atoms with Gasteiger partial charge in [0, 0.05) is 13.2 Å². The molecule has 0 saturated heterocycles. The minimum absolute atomic E-state index is 0.224. The Labute approximate surface area is 102 Å². The van der Waals surface area contributed by atoms with Crippen LogP contribution in [-0.4, -0.2) is 4.57 Å². The van der Waals surface area contributed by atoms with Crippen molar-refractivity contribution in [2.24, 2.45) is 7.05 Å². The van der Waals surface area contributed by atoms with Crippen LogP contribution < -0.4 is 5.43 Å². The summed E-state index contributed by atoms with van der Waals surface area (Å²) in [5.41, 5.74) is 1.34. The summed E-state index contributed by atoms with van der Waals surface area (Å²) in [6, 6.07) is 7.59. The van der Waals surface area contributed by atoms with Crippen molar-refractivity contribution in [2.45, 2.75) is 0 Å². The normalized spacial score (nSPS) is 11.0. The Bertz CT molecular complexity index is 786. The van der Waals surface area contributed by atoms with E-state index in [4.69, 9.17) is 4.42 Å². The van der Waals surface area contributed by atoms with Gasteiger partial charge in [-0.05, 0) is 30.3 Å². The third-order valence-corrected chi connectivity index (χ3v) is 2.95. The molecule has 90 valence electrons. The number of hydrogen-bond acceptors (Lipinski definition) is 2. The van der Waals surface area contributed by atoms with Crippen LogP contribution in [0.4, 0.5) is 4.39 Å². The summed E-state index contributed by atoms with van der Waals surface area (Å²) in [5, 5.41) is 0.258.